The van der Waals surface area contributed by atoms with E-state index in [1.165, 1.54) is 0 Å². The molecule has 20 heavy (non-hydrogen) atoms. The van der Waals surface area contributed by atoms with Crippen molar-refractivity contribution in [2.75, 3.05) is 23.4 Å². The van der Waals surface area contributed by atoms with E-state index in [4.69, 9.17) is 5.73 Å². The summed E-state index contributed by atoms with van der Waals surface area (Å²) in [4.78, 5) is 15.5. The first-order valence-electron chi connectivity index (χ1n) is 6.47. The predicted octanol–water partition coefficient (Wildman–Crippen LogP) is 3.66. The molecule has 0 fully saturated rings. The summed E-state index contributed by atoms with van der Waals surface area (Å²) >= 11 is 1.58. The van der Waals surface area contributed by atoms with Gasteiger partial charge in [0.15, 0.2) is 0 Å². The standard InChI is InChI=1S/C16H18N2OS/c1-3-18(13-8-6-7-12(17)11-13)16(19)14-9-4-5-10-15(14)20-2/h4-11H,3,17H2,1-2H3. The van der Waals surface area contributed by atoms with Gasteiger partial charge in [0, 0.05) is 22.8 Å². The Morgan fingerprint density at radius 3 is 2.60 bits per heavy atom. The molecule has 0 aromatic heterocycles. The van der Waals surface area contributed by atoms with Crippen LogP contribution < -0.4 is 10.6 Å². The average Bonchev–Trinajstić information content (AvgIpc) is 2.48. The summed E-state index contributed by atoms with van der Waals surface area (Å²) in [5.41, 5.74) is 8.02. The lowest BCUT2D eigenvalue weighted by atomic mass is 10.1. The van der Waals surface area contributed by atoms with Crippen molar-refractivity contribution in [1.82, 2.24) is 0 Å². The third-order valence-electron chi connectivity index (χ3n) is 3.08. The number of nitrogen functional groups attached to an aromatic ring is 1. The molecular formula is C16H18N2OS. The second-order valence-electron chi connectivity index (χ2n) is 4.34. The lowest BCUT2D eigenvalue weighted by Crippen LogP contribution is -2.31. The zero-order valence-electron chi connectivity index (χ0n) is 11.7. The van der Waals surface area contributed by atoms with E-state index in [-0.39, 0.29) is 5.91 Å². The van der Waals surface area contributed by atoms with Crippen LogP contribution in [0.5, 0.6) is 0 Å². The molecule has 4 heteroatoms. The van der Waals surface area contributed by atoms with Crippen molar-refractivity contribution in [3.8, 4) is 0 Å². The second kappa shape index (κ2) is 6.48. The third-order valence-corrected chi connectivity index (χ3v) is 3.88. The van der Waals surface area contributed by atoms with Crippen molar-refractivity contribution >= 4 is 29.0 Å². The number of carbonyl (C=O) groups excluding carboxylic acids is 1. The number of carbonyl (C=O) groups is 1. The Kier molecular flexibility index (Phi) is 4.69. The van der Waals surface area contributed by atoms with Gasteiger partial charge in [0.05, 0.1) is 5.56 Å². The van der Waals surface area contributed by atoms with Gasteiger partial charge in [-0.25, -0.2) is 0 Å². The van der Waals surface area contributed by atoms with E-state index in [9.17, 15) is 4.79 Å². The smallest absolute Gasteiger partial charge is 0.259 e. The van der Waals surface area contributed by atoms with E-state index < -0.39 is 0 Å². The maximum Gasteiger partial charge on any atom is 0.259 e. The van der Waals surface area contributed by atoms with Crippen LogP contribution in [-0.2, 0) is 0 Å². The molecule has 0 radical (unpaired) electrons. The van der Waals surface area contributed by atoms with Crippen molar-refractivity contribution in [1.29, 1.82) is 0 Å². The number of nitrogens with zero attached hydrogens (tertiary/aromatic N) is 1. The summed E-state index contributed by atoms with van der Waals surface area (Å²) in [6, 6.07) is 15.1. The van der Waals surface area contributed by atoms with E-state index in [0.29, 0.717) is 12.2 Å². The van der Waals surface area contributed by atoms with E-state index in [1.54, 1.807) is 16.7 Å². The Morgan fingerprint density at radius 2 is 1.95 bits per heavy atom. The molecule has 0 saturated heterocycles. The topological polar surface area (TPSA) is 46.3 Å². The van der Waals surface area contributed by atoms with Crippen LogP contribution in [0.3, 0.4) is 0 Å². The Bertz CT molecular complexity index is 613. The van der Waals surface area contributed by atoms with Crippen molar-refractivity contribution in [3.05, 3.63) is 54.1 Å². The van der Waals surface area contributed by atoms with Gasteiger partial charge in [0.1, 0.15) is 0 Å². The molecular weight excluding hydrogens is 268 g/mol. The molecule has 0 aliphatic heterocycles. The molecule has 0 saturated carbocycles. The number of anilines is 2. The first-order valence-corrected chi connectivity index (χ1v) is 7.70. The number of benzene rings is 2. The van der Waals surface area contributed by atoms with E-state index >= 15 is 0 Å². The molecule has 0 bridgehead atoms. The van der Waals surface area contributed by atoms with Gasteiger partial charge in [0.25, 0.3) is 5.91 Å². The fourth-order valence-corrected chi connectivity index (χ4v) is 2.69. The highest BCUT2D eigenvalue weighted by atomic mass is 32.2. The highest BCUT2D eigenvalue weighted by Crippen LogP contribution is 2.25. The minimum absolute atomic E-state index is 0.00282. The lowest BCUT2D eigenvalue weighted by molar-refractivity contribution is 0.0985. The fraction of sp³-hybridized carbons (Fsp3) is 0.188. The largest absolute Gasteiger partial charge is 0.399 e. The molecule has 2 aromatic carbocycles. The average molecular weight is 286 g/mol. The number of nitrogens with two attached hydrogens (primary N) is 1. The molecule has 2 aromatic rings. The zero-order chi connectivity index (χ0) is 14.5. The van der Waals surface area contributed by atoms with Crippen molar-refractivity contribution in [3.63, 3.8) is 0 Å². The molecule has 104 valence electrons. The van der Waals surface area contributed by atoms with Crippen molar-refractivity contribution in [2.24, 2.45) is 0 Å². The van der Waals surface area contributed by atoms with Crippen LogP contribution in [0.2, 0.25) is 0 Å². The van der Waals surface area contributed by atoms with Crippen molar-refractivity contribution in [2.45, 2.75) is 11.8 Å². The predicted molar refractivity (Wildman–Crippen MR) is 86.4 cm³/mol. The zero-order valence-corrected chi connectivity index (χ0v) is 12.5. The van der Waals surface area contributed by atoms with Gasteiger partial charge in [0.2, 0.25) is 0 Å². The quantitative estimate of drug-likeness (QED) is 0.689. The number of hydrogen-bond acceptors (Lipinski definition) is 3. The van der Waals surface area contributed by atoms with Crippen LogP contribution in [0.4, 0.5) is 11.4 Å². The molecule has 2 rings (SSSR count). The molecule has 2 N–H and O–H groups in total. The number of amides is 1. The van der Waals surface area contributed by atoms with Gasteiger partial charge in [-0.1, -0.05) is 18.2 Å². The molecule has 0 atom stereocenters. The summed E-state index contributed by atoms with van der Waals surface area (Å²) < 4.78 is 0. The van der Waals surface area contributed by atoms with Crippen LogP contribution in [0, 0.1) is 0 Å². The second-order valence-corrected chi connectivity index (χ2v) is 5.19. The highest BCUT2D eigenvalue weighted by molar-refractivity contribution is 7.98. The number of hydrogen-bond donors (Lipinski definition) is 1. The van der Waals surface area contributed by atoms with Crippen LogP contribution in [0.15, 0.2) is 53.4 Å². The maximum absolute atomic E-state index is 12.7. The van der Waals surface area contributed by atoms with E-state index in [2.05, 4.69) is 0 Å². The van der Waals surface area contributed by atoms with Crippen molar-refractivity contribution < 1.29 is 4.79 Å². The van der Waals surface area contributed by atoms with Crippen LogP contribution >= 0.6 is 11.8 Å². The molecule has 0 unspecified atom stereocenters. The fourth-order valence-electron chi connectivity index (χ4n) is 2.10. The molecule has 0 spiro atoms. The van der Waals surface area contributed by atoms with Gasteiger partial charge in [-0.05, 0) is 43.5 Å². The Hall–Kier alpha value is -1.94. The van der Waals surface area contributed by atoms with E-state index in [0.717, 1.165) is 16.1 Å². The van der Waals surface area contributed by atoms with Gasteiger partial charge >= 0.3 is 0 Å². The highest BCUT2D eigenvalue weighted by Gasteiger charge is 2.18. The number of rotatable bonds is 4. The Morgan fingerprint density at radius 1 is 1.20 bits per heavy atom. The minimum atomic E-state index is 0.00282. The molecule has 1 amide bonds. The lowest BCUT2D eigenvalue weighted by Gasteiger charge is -2.22. The van der Waals surface area contributed by atoms with Gasteiger partial charge < -0.3 is 10.6 Å². The molecule has 0 heterocycles. The summed E-state index contributed by atoms with van der Waals surface area (Å²) in [5.74, 6) is 0.00282. The minimum Gasteiger partial charge on any atom is -0.399 e. The van der Waals surface area contributed by atoms with Crippen LogP contribution in [0.1, 0.15) is 17.3 Å². The van der Waals surface area contributed by atoms with Gasteiger partial charge in [-0.15, -0.1) is 11.8 Å². The first-order chi connectivity index (χ1) is 9.67. The summed E-state index contributed by atoms with van der Waals surface area (Å²) in [6.07, 6.45) is 1.98. The van der Waals surface area contributed by atoms with Gasteiger partial charge in [-0.3, -0.25) is 4.79 Å². The summed E-state index contributed by atoms with van der Waals surface area (Å²) in [5, 5.41) is 0. The number of thioether (sulfide) groups is 1. The monoisotopic (exact) mass is 286 g/mol. The molecule has 0 aliphatic rings. The Balaban J connectivity index is 2.39. The van der Waals surface area contributed by atoms with Crippen LogP contribution in [-0.4, -0.2) is 18.7 Å². The normalized spacial score (nSPS) is 10.3. The Labute approximate surface area is 123 Å². The summed E-state index contributed by atoms with van der Waals surface area (Å²) in [6.45, 7) is 2.56. The van der Waals surface area contributed by atoms with Crippen LogP contribution in [0.25, 0.3) is 0 Å². The third kappa shape index (κ3) is 2.96. The van der Waals surface area contributed by atoms with Gasteiger partial charge in [-0.2, -0.15) is 0 Å². The maximum atomic E-state index is 12.7. The molecule has 0 aliphatic carbocycles. The first kappa shape index (κ1) is 14.5. The SMILES string of the molecule is CCN(C(=O)c1ccccc1SC)c1cccc(N)c1. The van der Waals surface area contributed by atoms with E-state index in [1.807, 2.05) is 61.7 Å². The molecule has 3 nitrogen and oxygen atoms in total. The summed E-state index contributed by atoms with van der Waals surface area (Å²) in [7, 11) is 0.